The predicted octanol–water partition coefficient (Wildman–Crippen LogP) is 2.44. The average Bonchev–Trinajstić information content (AvgIpc) is 2.88. The fraction of sp³-hybridized carbons (Fsp3) is 0.0714. The number of carbonyl (C=O) groups excluding carboxylic acids is 1. The summed E-state index contributed by atoms with van der Waals surface area (Å²) in [6.07, 6.45) is 3.01. The van der Waals surface area contributed by atoms with Gasteiger partial charge >= 0.3 is 5.97 Å². The summed E-state index contributed by atoms with van der Waals surface area (Å²) in [7, 11) is 0. The molecule has 0 aliphatic carbocycles. The second-order valence-corrected chi connectivity index (χ2v) is 5.13. The SMILES string of the molecule is O=C(O)/C(O)=C/C(=O)c1ccc(Cc2ccccn2)s1. The first-order valence-electron chi connectivity index (χ1n) is 5.73. The molecule has 0 radical (unpaired) electrons. The van der Waals surface area contributed by atoms with E-state index in [-0.39, 0.29) is 0 Å². The van der Waals surface area contributed by atoms with Gasteiger partial charge in [0.25, 0.3) is 0 Å². The minimum atomic E-state index is -1.52. The van der Waals surface area contributed by atoms with Crippen molar-refractivity contribution in [2.24, 2.45) is 0 Å². The van der Waals surface area contributed by atoms with Crippen molar-refractivity contribution in [3.8, 4) is 0 Å². The van der Waals surface area contributed by atoms with Crippen molar-refractivity contribution in [3.63, 3.8) is 0 Å². The lowest BCUT2D eigenvalue weighted by Crippen LogP contribution is -2.02. The number of pyridine rings is 1. The molecular formula is C14H11NO4S. The molecule has 2 rings (SSSR count). The summed E-state index contributed by atoms with van der Waals surface area (Å²) in [6.45, 7) is 0. The molecule has 2 N–H and O–H groups in total. The van der Waals surface area contributed by atoms with Gasteiger partial charge in [-0.2, -0.15) is 0 Å². The number of allylic oxidation sites excluding steroid dienone is 1. The third-order valence-electron chi connectivity index (χ3n) is 2.47. The van der Waals surface area contributed by atoms with Gasteiger partial charge in [-0.15, -0.1) is 11.3 Å². The molecule has 2 heterocycles. The van der Waals surface area contributed by atoms with Gasteiger partial charge in [-0.3, -0.25) is 9.78 Å². The smallest absolute Gasteiger partial charge is 0.371 e. The van der Waals surface area contributed by atoms with E-state index in [1.54, 1.807) is 18.3 Å². The van der Waals surface area contributed by atoms with Crippen molar-refractivity contribution >= 4 is 23.1 Å². The lowest BCUT2D eigenvalue weighted by atomic mass is 10.2. The minimum absolute atomic E-state index is 0.378. The molecule has 0 saturated carbocycles. The van der Waals surface area contributed by atoms with Crippen LogP contribution in [-0.4, -0.2) is 26.9 Å². The van der Waals surface area contributed by atoms with Crippen LogP contribution >= 0.6 is 11.3 Å². The fourth-order valence-corrected chi connectivity index (χ4v) is 2.48. The van der Waals surface area contributed by atoms with Crippen LogP contribution in [0.15, 0.2) is 48.4 Å². The Hall–Kier alpha value is -2.47. The summed E-state index contributed by atoms with van der Waals surface area (Å²) >= 11 is 1.25. The number of nitrogens with zero attached hydrogens (tertiary/aromatic N) is 1. The number of hydrogen-bond acceptors (Lipinski definition) is 5. The fourth-order valence-electron chi connectivity index (χ4n) is 1.54. The number of hydrogen-bond donors (Lipinski definition) is 2. The molecule has 0 spiro atoms. The van der Waals surface area contributed by atoms with Crippen molar-refractivity contribution in [1.29, 1.82) is 0 Å². The Morgan fingerprint density at radius 2 is 2.00 bits per heavy atom. The maximum atomic E-state index is 11.7. The molecule has 6 heteroatoms. The quantitative estimate of drug-likeness (QED) is 0.501. The zero-order valence-corrected chi connectivity index (χ0v) is 11.1. The number of thiophene rings is 1. The van der Waals surface area contributed by atoms with Crippen LogP contribution in [0.4, 0.5) is 0 Å². The number of carbonyl (C=O) groups is 2. The third kappa shape index (κ3) is 3.52. The van der Waals surface area contributed by atoms with Crippen molar-refractivity contribution in [2.45, 2.75) is 6.42 Å². The van der Waals surface area contributed by atoms with Gasteiger partial charge in [0.2, 0.25) is 5.76 Å². The maximum absolute atomic E-state index is 11.7. The first kappa shape index (κ1) is 14.0. The van der Waals surface area contributed by atoms with E-state index in [2.05, 4.69) is 4.98 Å². The molecule has 2 aromatic heterocycles. The van der Waals surface area contributed by atoms with Gasteiger partial charge in [-0.25, -0.2) is 4.79 Å². The van der Waals surface area contributed by atoms with E-state index < -0.39 is 17.5 Å². The molecule has 0 aromatic carbocycles. The Morgan fingerprint density at radius 3 is 2.65 bits per heavy atom. The zero-order chi connectivity index (χ0) is 14.5. The van der Waals surface area contributed by atoms with Gasteiger partial charge in [0.15, 0.2) is 5.78 Å². The van der Waals surface area contributed by atoms with Gasteiger partial charge in [0.05, 0.1) is 4.88 Å². The van der Waals surface area contributed by atoms with E-state index in [4.69, 9.17) is 10.2 Å². The molecule has 102 valence electrons. The Kier molecular flexibility index (Phi) is 4.27. The van der Waals surface area contributed by atoms with E-state index in [1.807, 2.05) is 18.2 Å². The summed E-state index contributed by atoms with van der Waals surface area (Å²) in [5.74, 6) is -3.01. The molecule has 0 fully saturated rings. The normalized spacial score (nSPS) is 11.3. The number of aromatic nitrogens is 1. The molecule has 5 nitrogen and oxygen atoms in total. The minimum Gasteiger partial charge on any atom is -0.502 e. The summed E-state index contributed by atoms with van der Waals surface area (Å²) in [5.41, 5.74) is 0.886. The van der Waals surface area contributed by atoms with E-state index >= 15 is 0 Å². The highest BCUT2D eigenvalue weighted by molar-refractivity contribution is 7.14. The number of aliphatic carboxylic acids is 1. The highest BCUT2D eigenvalue weighted by atomic mass is 32.1. The highest BCUT2D eigenvalue weighted by Crippen LogP contribution is 2.20. The van der Waals surface area contributed by atoms with Crippen molar-refractivity contribution in [3.05, 3.63) is 63.8 Å². The number of aliphatic hydroxyl groups excluding tert-OH is 1. The van der Waals surface area contributed by atoms with E-state index in [1.165, 1.54) is 11.3 Å². The molecule has 0 unspecified atom stereocenters. The van der Waals surface area contributed by atoms with Gasteiger partial charge in [0, 0.05) is 29.3 Å². The van der Waals surface area contributed by atoms with Gasteiger partial charge < -0.3 is 10.2 Å². The van der Waals surface area contributed by atoms with E-state index in [0.717, 1.165) is 10.6 Å². The third-order valence-corrected chi connectivity index (χ3v) is 3.57. The monoisotopic (exact) mass is 289 g/mol. The summed E-state index contributed by atoms with van der Waals surface area (Å²) in [4.78, 5) is 27.7. The molecule has 0 aliphatic heterocycles. The first-order chi connectivity index (χ1) is 9.56. The molecule has 0 atom stereocenters. The van der Waals surface area contributed by atoms with Crippen LogP contribution < -0.4 is 0 Å². The molecule has 2 aromatic rings. The van der Waals surface area contributed by atoms with Gasteiger partial charge in [0.1, 0.15) is 0 Å². The van der Waals surface area contributed by atoms with Gasteiger partial charge in [-0.05, 0) is 24.3 Å². The number of aliphatic hydroxyl groups is 1. The molecule has 20 heavy (non-hydrogen) atoms. The number of carboxylic acid groups (broad SMARTS) is 1. The second-order valence-electron chi connectivity index (χ2n) is 3.96. The average molecular weight is 289 g/mol. The maximum Gasteiger partial charge on any atom is 0.371 e. The molecule has 0 bridgehead atoms. The van der Waals surface area contributed by atoms with E-state index in [9.17, 15) is 9.59 Å². The lowest BCUT2D eigenvalue weighted by Gasteiger charge is -1.96. The Balaban J connectivity index is 2.11. The Morgan fingerprint density at radius 1 is 1.20 bits per heavy atom. The molecule has 0 amide bonds. The van der Waals surface area contributed by atoms with Crippen LogP contribution in [0.2, 0.25) is 0 Å². The molecular weight excluding hydrogens is 278 g/mol. The zero-order valence-electron chi connectivity index (χ0n) is 10.3. The van der Waals surface area contributed by atoms with Crippen LogP contribution in [0.5, 0.6) is 0 Å². The highest BCUT2D eigenvalue weighted by Gasteiger charge is 2.12. The number of rotatable bonds is 5. The lowest BCUT2D eigenvalue weighted by molar-refractivity contribution is -0.135. The van der Waals surface area contributed by atoms with Crippen molar-refractivity contribution in [2.75, 3.05) is 0 Å². The van der Waals surface area contributed by atoms with Crippen molar-refractivity contribution < 1.29 is 19.8 Å². The Labute approximate surface area is 118 Å². The van der Waals surface area contributed by atoms with Gasteiger partial charge in [-0.1, -0.05) is 6.07 Å². The summed E-state index contributed by atoms with van der Waals surface area (Å²) < 4.78 is 0. The summed E-state index contributed by atoms with van der Waals surface area (Å²) in [6, 6.07) is 8.99. The van der Waals surface area contributed by atoms with E-state index in [0.29, 0.717) is 17.4 Å². The van der Waals surface area contributed by atoms with Crippen LogP contribution in [0, 0.1) is 0 Å². The van der Waals surface area contributed by atoms with Crippen molar-refractivity contribution in [1.82, 2.24) is 4.98 Å². The number of carboxylic acids is 1. The number of ketones is 1. The summed E-state index contributed by atoms with van der Waals surface area (Å²) in [5, 5.41) is 17.5. The molecule has 0 saturated heterocycles. The van der Waals surface area contributed by atoms with Crippen LogP contribution in [-0.2, 0) is 11.2 Å². The van der Waals surface area contributed by atoms with Crippen LogP contribution in [0.1, 0.15) is 20.2 Å². The first-order valence-corrected chi connectivity index (χ1v) is 6.55. The standard InChI is InChI=1S/C14H11NO4S/c16-11(8-12(17)14(18)19)13-5-4-10(20-13)7-9-3-1-2-6-15-9/h1-6,8,17H,7H2,(H,18,19)/b12-8-. The van der Waals surface area contributed by atoms with Crippen LogP contribution in [0.3, 0.4) is 0 Å². The largest absolute Gasteiger partial charge is 0.502 e. The van der Waals surface area contributed by atoms with Crippen LogP contribution in [0.25, 0.3) is 0 Å². The molecule has 0 aliphatic rings. The predicted molar refractivity (Wildman–Crippen MR) is 74.0 cm³/mol. The second kappa shape index (κ2) is 6.12. The topological polar surface area (TPSA) is 87.5 Å². The Bertz CT molecular complexity index is 661.